The zero-order valence-electron chi connectivity index (χ0n) is 8.70. The minimum Gasteiger partial charge on any atom is -0.466 e. The van der Waals surface area contributed by atoms with Crippen molar-refractivity contribution in [2.24, 2.45) is 0 Å². The number of rotatable bonds is 3. The number of carbonyl (C=O) groups is 1. The van der Waals surface area contributed by atoms with Crippen LogP contribution in [0.5, 0.6) is 0 Å². The maximum Gasteiger partial charge on any atom is 0.310 e. The van der Waals surface area contributed by atoms with Gasteiger partial charge in [0.1, 0.15) is 5.58 Å². The summed E-state index contributed by atoms with van der Waals surface area (Å²) >= 11 is 1.61. The molecule has 0 atom stereocenters. The summed E-state index contributed by atoms with van der Waals surface area (Å²) in [6.45, 7) is 4.22. The molecule has 0 radical (unpaired) electrons. The van der Waals surface area contributed by atoms with Crippen molar-refractivity contribution in [2.75, 3.05) is 6.61 Å². The van der Waals surface area contributed by atoms with Gasteiger partial charge in [-0.2, -0.15) is 0 Å². The van der Waals surface area contributed by atoms with Crippen LogP contribution < -0.4 is 0 Å². The zero-order valence-corrected chi connectivity index (χ0v) is 9.52. The third-order valence-corrected chi connectivity index (χ3v) is 3.32. The van der Waals surface area contributed by atoms with E-state index in [0.717, 1.165) is 21.4 Å². The molecule has 0 N–H and O–H groups in total. The van der Waals surface area contributed by atoms with Crippen molar-refractivity contribution in [1.82, 2.24) is 0 Å². The highest BCUT2D eigenvalue weighted by atomic mass is 32.1. The molecule has 0 aliphatic carbocycles. The molecule has 0 spiro atoms. The zero-order chi connectivity index (χ0) is 10.8. The van der Waals surface area contributed by atoms with E-state index in [9.17, 15) is 4.79 Å². The Labute approximate surface area is 91.6 Å². The van der Waals surface area contributed by atoms with Gasteiger partial charge in [-0.05, 0) is 19.2 Å². The van der Waals surface area contributed by atoms with Crippen LogP contribution in [0.3, 0.4) is 0 Å². The Hall–Kier alpha value is -1.29. The van der Waals surface area contributed by atoms with Crippen LogP contribution in [0.2, 0.25) is 0 Å². The molecule has 0 unspecified atom stereocenters. The second-order valence-corrected chi connectivity index (χ2v) is 4.20. The highest BCUT2D eigenvalue weighted by Crippen LogP contribution is 2.30. The third kappa shape index (κ3) is 1.90. The van der Waals surface area contributed by atoms with Crippen LogP contribution >= 0.6 is 11.3 Å². The number of thiophene rings is 1. The monoisotopic (exact) mass is 224 g/mol. The summed E-state index contributed by atoms with van der Waals surface area (Å²) in [5, 5.41) is 2.03. The normalized spacial score (nSPS) is 10.8. The highest BCUT2D eigenvalue weighted by molar-refractivity contribution is 7.17. The van der Waals surface area contributed by atoms with Gasteiger partial charge in [0.05, 0.1) is 24.0 Å². The molecular weight excluding hydrogens is 212 g/mol. The second-order valence-electron chi connectivity index (χ2n) is 3.32. The van der Waals surface area contributed by atoms with Crippen LogP contribution in [0.4, 0.5) is 0 Å². The first-order valence-corrected chi connectivity index (χ1v) is 5.70. The van der Waals surface area contributed by atoms with Gasteiger partial charge >= 0.3 is 5.97 Å². The van der Waals surface area contributed by atoms with E-state index < -0.39 is 0 Å². The summed E-state index contributed by atoms with van der Waals surface area (Å²) < 4.78 is 11.4. The van der Waals surface area contributed by atoms with Crippen molar-refractivity contribution in [1.29, 1.82) is 0 Å². The Morgan fingerprint density at radius 3 is 3.13 bits per heavy atom. The Morgan fingerprint density at radius 2 is 2.40 bits per heavy atom. The van der Waals surface area contributed by atoms with E-state index >= 15 is 0 Å². The maximum absolute atomic E-state index is 11.3. The van der Waals surface area contributed by atoms with Crippen LogP contribution in [0, 0.1) is 6.92 Å². The fourth-order valence-corrected chi connectivity index (χ4v) is 2.46. The molecule has 0 fully saturated rings. The van der Waals surface area contributed by atoms with Gasteiger partial charge in [0.25, 0.3) is 0 Å². The molecule has 3 nitrogen and oxygen atoms in total. The van der Waals surface area contributed by atoms with Crippen molar-refractivity contribution >= 4 is 27.6 Å². The molecule has 0 aliphatic heterocycles. The predicted octanol–water partition coefficient (Wildman–Crippen LogP) is 2.91. The minimum atomic E-state index is -0.203. The van der Waals surface area contributed by atoms with Gasteiger partial charge < -0.3 is 9.15 Å². The Kier molecular flexibility index (Phi) is 2.77. The van der Waals surface area contributed by atoms with E-state index in [0.29, 0.717) is 13.0 Å². The highest BCUT2D eigenvalue weighted by Gasteiger charge is 2.13. The fourth-order valence-electron chi connectivity index (χ4n) is 1.47. The molecule has 0 bridgehead atoms. The topological polar surface area (TPSA) is 39.4 Å². The van der Waals surface area contributed by atoms with E-state index in [4.69, 9.17) is 9.15 Å². The lowest BCUT2D eigenvalue weighted by Crippen LogP contribution is -2.06. The van der Waals surface area contributed by atoms with Gasteiger partial charge in [-0.1, -0.05) is 0 Å². The molecule has 80 valence electrons. The van der Waals surface area contributed by atoms with Crippen molar-refractivity contribution in [3.63, 3.8) is 0 Å². The van der Waals surface area contributed by atoms with E-state index in [2.05, 4.69) is 0 Å². The Balaban J connectivity index is 2.25. The first kappa shape index (κ1) is 10.2. The molecule has 2 aromatic rings. The fraction of sp³-hybridized carbons (Fsp3) is 0.364. The third-order valence-electron chi connectivity index (χ3n) is 2.17. The molecule has 4 heteroatoms. The van der Waals surface area contributed by atoms with Gasteiger partial charge in [0.15, 0.2) is 0 Å². The Bertz CT molecular complexity index is 481. The van der Waals surface area contributed by atoms with E-state index in [1.807, 2.05) is 12.3 Å². The number of hydrogen-bond donors (Lipinski definition) is 0. The Morgan fingerprint density at radius 1 is 1.60 bits per heavy atom. The summed E-state index contributed by atoms with van der Waals surface area (Å²) in [5.41, 5.74) is 2.92. The first-order valence-electron chi connectivity index (χ1n) is 4.82. The molecule has 0 saturated heterocycles. The minimum absolute atomic E-state index is 0.203. The molecule has 0 saturated carbocycles. The van der Waals surface area contributed by atoms with E-state index in [1.165, 1.54) is 0 Å². The van der Waals surface area contributed by atoms with Crippen molar-refractivity contribution in [2.45, 2.75) is 20.3 Å². The lowest BCUT2D eigenvalue weighted by molar-refractivity contribution is -0.142. The van der Waals surface area contributed by atoms with E-state index in [1.54, 1.807) is 24.5 Å². The van der Waals surface area contributed by atoms with Crippen molar-refractivity contribution in [3.8, 4) is 0 Å². The summed E-state index contributed by atoms with van der Waals surface area (Å²) in [6, 6.07) is 0. The summed E-state index contributed by atoms with van der Waals surface area (Å²) in [5.74, 6) is -0.203. The van der Waals surface area contributed by atoms with E-state index in [-0.39, 0.29) is 5.97 Å². The lowest BCUT2D eigenvalue weighted by Gasteiger charge is -1.98. The smallest absolute Gasteiger partial charge is 0.310 e. The van der Waals surface area contributed by atoms with Gasteiger partial charge in [0, 0.05) is 11.1 Å². The maximum atomic E-state index is 11.3. The van der Waals surface area contributed by atoms with Gasteiger partial charge in [-0.15, -0.1) is 11.3 Å². The lowest BCUT2D eigenvalue weighted by atomic mass is 10.2. The van der Waals surface area contributed by atoms with Crippen LogP contribution in [0.15, 0.2) is 16.1 Å². The predicted molar refractivity (Wildman–Crippen MR) is 59.2 cm³/mol. The molecular formula is C11H12O3S. The van der Waals surface area contributed by atoms with Gasteiger partial charge in [-0.25, -0.2) is 0 Å². The van der Waals surface area contributed by atoms with Crippen LogP contribution in [0.1, 0.15) is 18.1 Å². The van der Waals surface area contributed by atoms with Crippen LogP contribution in [-0.2, 0) is 16.0 Å². The SMILES string of the molecule is CCOC(=O)Cc1coc2c(C)csc12. The molecule has 0 amide bonds. The molecule has 0 aliphatic rings. The average molecular weight is 224 g/mol. The van der Waals surface area contributed by atoms with Gasteiger partial charge in [-0.3, -0.25) is 4.79 Å². The standard InChI is InChI=1S/C11H12O3S/c1-3-13-9(12)4-8-5-14-10-7(2)6-15-11(8)10/h5-6H,3-4H2,1-2H3. The molecule has 0 aromatic carbocycles. The number of ether oxygens (including phenoxy) is 1. The van der Waals surface area contributed by atoms with Crippen molar-refractivity contribution in [3.05, 3.63) is 22.8 Å². The molecule has 15 heavy (non-hydrogen) atoms. The number of esters is 1. The number of hydrogen-bond acceptors (Lipinski definition) is 4. The number of furan rings is 1. The van der Waals surface area contributed by atoms with Gasteiger partial charge in [0.2, 0.25) is 0 Å². The summed E-state index contributed by atoms with van der Waals surface area (Å²) in [4.78, 5) is 11.3. The van der Waals surface area contributed by atoms with Crippen molar-refractivity contribution < 1.29 is 13.9 Å². The number of carbonyl (C=O) groups excluding carboxylic acids is 1. The number of aryl methyl sites for hydroxylation is 1. The average Bonchev–Trinajstić information content (AvgIpc) is 2.72. The first-order chi connectivity index (χ1) is 7.22. The quantitative estimate of drug-likeness (QED) is 0.752. The molecule has 2 heterocycles. The summed E-state index contributed by atoms with van der Waals surface area (Å²) in [6.07, 6.45) is 1.94. The largest absolute Gasteiger partial charge is 0.466 e. The van der Waals surface area contributed by atoms with Crippen LogP contribution in [0.25, 0.3) is 10.3 Å². The molecule has 2 aromatic heterocycles. The second kappa shape index (κ2) is 4.06. The van der Waals surface area contributed by atoms with Crippen LogP contribution in [-0.4, -0.2) is 12.6 Å². The number of fused-ring (bicyclic) bond motifs is 1. The summed E-state index contributed by atoms with van der Waals surface area (Å²) in [7, 11) is 0. The molecule has 2 rings (SSSR count).